The third-order valence-corrected chi connectivity index (χ3v) is 3.89. The Hall–Kier alpha value is -1.16. The summed E-state index contributed by atoms with van der Waals surface area (Å²) in [4.78, 5) is 3.76. The van der Waals surface area contributed by atoms with E-state index in [0.29, 0.717) is 6.42 Å². The van der Waals surface area contributed by atoms with Crippen molar-refractivity contribution in [3.63, 3.8) is 0 Å². The molecule has 0 saturated carbocycles. The van der Waals surface area contributed by atoms with Crippen molar-refractivity contribution < 1.29 is 8.42 Å². The van der Waals surface area contributed by atoms with Gasteiger partial charge >= 0.3 is 0 Å². The van der Waals surface area contributed by atoms with Crippen LogP contribution >= 0.6 is 11.6 Å². The van der Waals surface area contributed by atoms with Gasteiger partial charge < -0.3 is 0 Å². The summed E-state index contributed by atoms with van der Waals surface area (Å²) in [5.41, 5.74) is 0. The monoisotopic (exact) mass is 273 g/mol. The van der Waals surface area contributed by atoms with Gasteiger partial charge in [0.1, 0.15) is 5.15 Å². The number of hydrogen-bond donors (Lipinski definition) is 1. The molecule has 1 unspecified atom stereocenters. The molecule has 0 radical (unpaired) electrons. The summed E-state index contributed by atoms with van der Waals surface area (Å²) in [5.74, 6) is 0. The molecule has 17 heavy (non-hydrogen) atoms. The van der Waals surface area contributed by atoms with E-state index in [0.717, 1.165) is 0 Å². The number of pyridine rings is 1. The quantitative estimate of drug-likeness (QED) is 0.828. The fraction of sp³-hybridized carbons (Fsp3) is 0.400. The van der Waals surface area contributed by atoms with Gasteiger partial charge in [-0.25, -0.2) is 18.1 Å². The highest BCUT2D eigenvalue weighted by Crippen LogP contribution is 2.14. The first kappa shape index (κ1) is 13.9. The first-order valence-corrected chi connectivity index (χ1v) is 6.86. The van der Waals surface area contributed by atoms with Crippen molar-refractivity contribution >= 4 is 21.6 Å². The van der Waals surface area contributed by atoms with Gasteiger partial charge in [0.2, 0.25) is 10.0 Å². The summed E-state index contributed by atoms with van der Waals surface area (Å²) >= 11 is 5.63. The SMILES string of the molecule is CCC(CC#N)NS(=O)(=O)c1ccnc(Cl)c1. The summed E-state index contributed by atoms with van der Waals surface area (Å²) in [6.07, 6.45) is 2.00. The Balaban J connectivity index is 2.93. The van der Waals surface area contributed by atoms with Crippen LogP contribution in [0.25, 0.3) is 0 Å². The maximum absolute atomic E-state index is 11.9. The maximum atomic E-state index is 11.9. The van der Waals surface area contributed by atoms with E-state index >= 15 is 0 Å². The Morgan fingerprint density at radius 3 is 2.88 bits per heavy atom. The van der Waals surface area contributed by atoms with Gasteiger partial charge in [0.05, 0.1) is 17.4 Å². The lowest BCUT2D eigenvalue weighted by molar-refractivity contribution is 0.543. The number of nitrogens with zero attached hydrogens (tertiary/aromatic N) is 2. The summed E-state index contributed by atoms with van der Waals surface area (Å²) < 4.78 is 26.3. The Labute approximate surface area is 105 Å². The number of rotatable bonds is 5. The van der Waals surface area contributed by atoms with Gasteiger partial charge in [-0.15, -0.1) is 0 Å². The zero-order valence-corrected chi connectivity index (χ0v) is 10.8. The number of nitriles is 1. The van der Waals surface area contributed by atoms with Gasteiger partial charge in [-0.05, 0) is 18.6 Å². The van der Waals surface area contributed by atoms with E-state index in [1.807, 2.05) is 13.0 Å². The van der Waals surface area contributed by atoms with Gasteiger partial charge in [0.15, 0.2) is 0 Å². The molecule has 0 fully saturated rings. The van der Waals surface area contributed by atoms with Crippen LogP contribution in [-0.2, 0) is 10.0 Å². The molecular formula is C10H12ClN3O2S. The second-order valence-electron chi connectivity index (χ2n) is 3.40. The molecule has 0 aliphatic heterocycles. The van der Waals surface area contributed by atoms with E-state index in [-0.39, 0.29) is 16.5 Å². The fourth-order valence-corrected chi connectivity index (χ4v) is 2.79. The summed E-state index contributed by atoms with van der Waals surface area (Å²) in [5, 5.41) is 8.68. The predicted octanol–water partition coefficient (Wildman–Crippen LogP) is 1.71. The summed E-state index contributed by atoms with van der Waals surface area (Å²) in [6, 6.07) is 4.17. The van der Waals surface area contributed by atoms with Gasteiger partial charge in [-0.2, -0.15) is 5.26 Å². The Kier molecular flexibility index (Phi) is 4.87. The minimum absolute atomic E-state index is 0.0499. The number of nitrogens with one attached hydrogen (secondary N) is 1. The average Bonchev–Trinajstić information content (AvgIpc) is 2.28. The molecular weight excluding hydrogens is 262 g/mol. The number of halogens is 1. The molecule has 1 N–H and O–H groups in total. The smallest absolute Gasteiger partial charge is 0.241 e. The number of sulfonamides is 1. The van der Waals surface area contributed by atoms with Crippen molar-refractivity contribution in [1.82, 2.24) is 9.71 Å². The lowest BCUT2D eigenvalue weighted by atomic mass is 10.2. The molecule has 0 aliphatic carbocycles. The van der Waals surface area contributed by atoms with Crippen LogP contribution in [-0.4, -0.2) is 19.4 Å². The largest absolute Gasteiger partial charge is 0.244 e. The van der Waals surface area contributed by atoms with E-state index in [1.165, 1.54) is 18.3 Å². The van der Waals surface area contributed by atoms with Crippen LogP contribution in [0.1, 0.15) is 19.8 Å². The molecule has 0 aliphatic rings. The topological polar surface area (TPSA) is 82.9 Å². The molecule has 5 nitrogen and oxygen atoms in total. The molecule has 0 spiro atoms. The third-order valence-electron chi connectivity index (χ3n) is 2.16. The molecule has 1 aromatic rings. The molecule has 0 saturated heterocycles. The predicted molar refractivity (Wildman–Crippen MR) is 63.9 cm³/mol. The standard InChI is InChI=1S/C10H12ClN3O2S/c1-2-8(3-5-12)14-17(15,16)9-4-6-13-10(11)7-9/h4,6-8,14H,2-3H2,1H3. The number of hydrogen-bond acceptors (Lipinski definition) is 4. The van der Waals surface area contributed by atoms with Crippen molar-refractivity contribution in [3.05, 3.63) is 23.5 Å². The zero-order chi connectivity index (χ0) is 12.9. The van der Waals surface area contributed by atoms with Gasteiger partial charge in [0.25, 0.3) is 0 Å². The van der Waals surface area contributed by atoms with Crippen molar-refractivity contribution in [2.45, 2.75) is 30.7 Å². The van der Waals surface area contributed by atoms with Crippen LogP contribution in [0.3, 0.4) is 0 Å². The average molecular weight is 274 g/mol. The first-order chi connectivity index (χ1) is 7.99. The highest BCUT2D eigenvalue weighted by atomic mass is 35.5. The second kappa shape index (κ2) is 5.96. The Morgan fingerprint density at radius 2 is 2.35 bits per heavy atom. The van der Waals surface area contributed by atoms with Gasteiger partial charge in [-0.1, -0.05) is 18.5 Å². The van der Waals surface area contributed by atoms with E-state index in [2.05, 4.69) is 9.71 Å². The van der Waals surface area contributed by atoms with Crippen LogP contribution in [0.2, 0.25) is 5.15 Å². The summed E-state index contributed by atoms with van der Waals surface area (Å²) in [6.45, 7) is 1.81. The molecule has 0 bridgehead atoms. The van der Waals surface area contributed by atoms with Crippen LogP contribution in [0.5, 0.6) is 0 Å². The molecule has 7 heteroatoms. The summed E-state index contributed by atoms with van der Waals surface area (Å²) in [7, 11) is -3.64. The second-order valence-corrected chi connectivity index (χ2v) is 5.50. The van der Waals surface area contributed by atoms with Crippen LogP contribution < -0.4 is 4.72 Å². The molecule has 1 atom stereocenters. The minimum atomic E-state index is -3.64. The zero-order valence-electron chi connectivity index (χ0n) is 9.22. The van der Waals surface area contributed by atoms with E-state index in [4.69, 9.17) is 16.9 Å². The van der Waals surface area contributed by atoms with Gasteiger partial charge in [-0.3, -0.25) is 0 Å². The van der Waals surface area contributed by atoms with Crippen molar-refractivity contribution in [3.8, 4) is 6.07 Å². The highest BCUT2D eigenvalue weighted by molar-refractivity contribution is 7.89. The van der Waals surface area contributed by atoms with Crippen LogP contribution in [0.15, 0.2) is 23.2 Å². The van der Waals surface area contributed by atoms with Gasteiger partial charge in [0, 0.05) is 12.2 Å². The molecule has 0 aromatic carbocycles. The van der Waals surface area contributed by atoms with Crippen molar-refractivity contribution in [1.29, 1.82) is 5.26 Å². The molecule has 1 rings (SSSR count). The Bertz CT molecular complexity index is 525. The lowest BCUT2D eigenvalue weighted by Gasteiger charge is -2.13. The third kappa shape index (κ3) is 3.97. The normalized spacial score (nSPS) is 13.0. The molecule has 1 heterocycles. The lowest BCUT2D eigenvalue weighted by Crippen LogP contribution is -2.34. The van der Waals surface area contributed by atoms with Crippen LogP contribution in [0.4, 0.5) is 0 Å². The molecule has 1 aromatic heterocycles. The molecule has 0 amide bonds. The fourth-order valence-electron chi connectivity index (χ4n) is 1.22. The Morgan fingerprint density at radius 1 is 1.65 bits per heavy atom. The van der Waals surface area contributed by atoms with E-state index in [9.17, 15) is 8.42 Å². The number of aromatic nitrogens is 1. The van der Waals surface area contributed by atoms with Crippen molar-refractivity contribution in [2.75, 3.05) is 0 Å². The van der Waals surface area contributed by atoms with E-state index < -0.39 is 16.1 Å². The first-order valence-electron chi connectivity index (χ1n) is 5.00. The maximum Gasteiger partial charge on any atom is 0.241 e. The minimum Gasteiger partial charge on any atom is -0.244 e. The molecule has 92 valence electrons. The van der Waals surface area contributed by atoms with Crippen LogP contribution in [0, 0.1) is 11.3 Å². The van der Waals surface area contributed by atoms with E-state index in [1.54, 1.807) is 0 Å². The van der Waals surface area contributed by atoms with Crippen molar-refractivity contribution in [2.24, 2.45) is 0 Å². The highest BCUT2D eigenvalue weighted by Gasteiger charge is 2.19.